The Morgan fingerprint density at radius 3 is 2.52 bits per heavy atom. The number of hydrogen-bond acceptors (Lipinski definition) is 4. The molecule has 0 spiro atoms. The van der Waals surface area contributed by atoms with Crippen LogP contribution >= 0.6 is 23.2 Å². The second kappa shape index (κ2) is 8.88. The first-order chi connectivity index (χ1) is 14.9. The van der Waals surface area contributed by atoms with Crippen molar-refractivity contribution in [2.24, 2.45) is 0 Å². The predicted octanol–water partition coefficient (Wildman–Crippen LogP) is 5.77. The van der Waals surface area contributed by atoms with Crippen molar-refractivity contribution >= 4 is 51.5 Å². The molecule has 31 heavy (non-hydrogen) atoms. The van der Waals surface area contributed by atoms with E-state index >= 15 is 0 Å². The molecule has 0 aliphatic carbocycles. The quantitative estimate of drug-likeness (QED) is 0.388. The number of carbonyl (C=O) groups excluding carboxylic acids is 1. The summed E-state index contributed by atoms with van der Waals surface area (Å²) in [4.78, 5) is 14.6. The Kier molecular flexibility index (Phi) is 6.02. The number of aromatic nitrogens is 2. The van der Waals surface area contributed by atoms with E-state index in [9.17, 15) is 4.79 Å². The highest BCUT2D eigenvalue weighted by atomic mass is 35.5. The van der Waals surface area contributed by atoms with E-state index in [1.165, 1.54) is 0 Å². The second-order valence-corrected chi connectivity index (χ2v) is 8.03. The molecule has 1 aromatic heterocycles. The Hall–Kier alpha value is -3.22. The van der Waals surface area contributed by atoms with Crippen molar-refractivity contribution in [3.8, 4) is 5.75 Å². The van der Waals surface area contributed by atoms with Gasteiger partial charge in [0.1, 0.15) is 12.4 Å². The summed E-state index contributed by atoms with van der Waals surface area (Å²) in [5.41, 5.74) is 3.26. The monoisotopic (exact) mass is 454 g/mol. The van der Waals surface area contributed by atoms with Crippen LogP contribution in [0.4, 0.5) is 11.5 Å². The topological polar surface area (TPSA) is 70.2 Å². The number of ether oxygens (including phenoxy) is 1. The van der Waals surface area contributed by atoms with E-state index in [1.807, 2.05) is 55.4 Å². The first-order valence-electron chi connectivity index (χ1n) is 9.54. The molecule has 6 nitrogen and oxygen atoms in total. The summed E-state index contributed by atoms with van der Waals surface area (Å²) in [6.07, 6.45) is 0. The van der Waals surface area contributed by atoms with Crippen LogP contribution in [0.3, 0.4) is 0 Å². The van der Waals surface area contributed by atoms with E-state index in [2.05, 4.69) is 15.5 Å². The van der Waals surface area contributed by atoms with Crippen molar-refractivity contribution in [2.75, 3.05) is 24.3 Å². The summed E-state index contributed by atoms with van der Waals surface area (Å²) in [5.74, 6) is 0.850. The van der Waals surface area contributed by atoms with Gasteiger partial charge in [-0.2, -0.15) is 5.10 Å². The SMILES string of the molecule is CN(C)c1ccc(C(=O)Nc2n[nH]c3ccc(OCc4ccc(Cl)c(Cl)c4)cc23)cc1. The summed E-state index contributed by atoms with van der Waals surface area (Å²) in [5, 5.41) is 11.8. The first-order valence-corrected chi connectivity index (χ1v) is 10.3. The van der Waals surface area contributed by atoms with Gasteiger partial charge in [0.05, 0.1) is 15.6 Å². The number of hydrogen-bond donors (Lipinski definition) is 2. The van der Waals surface area contributed by atoms with E-state index in [0.717, 1.165) is 22.2 Å². The minimum atomic E-state index is -0.235. The number of fused-ring (bicyclic) bond motifs is 1. The number of benzene rings is 3. The zero-order valence-corrected chi connectivity index (χ0v) is 18.5. The van der Waals surface area contributed by atoms with Crippen LogP contribution in [0.2, 0.25) is 10.0 Å². The van der Waals surface area contributed by atoms with Crippen LogP contribution in [0.5, 0.6) is 5.75 Å². The molecule has 0 atom stereocenters. The highest BCUT2D eigenvalue weighted by molar-refractivity contribution is 6.42. The first kappa shape index (κ1) is 21.0. The van der Waals surface area contributed by atoms with Gasteiger partial charge in [-0.1, -0.05) is 29.3 Å². The average Bonchev–Trinajstić information content (AvgIpc) is 3.16. The van der Waals surface area contributed by atoms with E-state index in [0.29, 0.717) is 33.8 Å². The van der Waals surface area contributed by atoms with Gasteiger partial charge in [0.2, 0.25) is 0 Å². The Balaban J connectivity index is 1.49. The summed E-state index contributed by atoms with van der Waals surface area (Å²) in [7, 11) is 3.90. The number of rotatable bonds is 6. The lowest BCUT2D eigenvalue weighted by Gasteiger charge is -2.12. The number of nitrogens with one attached hydrogen (secondary N) is 2. The molecule has 0 aliphatic heterocycles. The van der Waals surface area contributed by atoms with Gasteiger partial charge in [-0.25, -0.2) is 0 Å². The molecule has 0 fully saturated rings. The van der Waals surface area contributed by atoms with Crippen LogP contribution in [0.15, 0.2) is 60.7 Å². The zero-order chi connectivity index (χ0) is 22.0. The number of amides is 1. The van der Waals surface area contributed by atoms with Crippen molar-refractivity contribution in [1.82, 2.24) is 10.2 Å². The van der Waals surface area contributed by atoms with Gasteiger partial charge in [0, 0.05) is 30.7 Å². The zero-order valence-electron chi connectivity index (χ0n) is 16.9. The fraction of sp³-hybridized carbons (Fsp3) is 0.130. The van der Waals surface area contributed by atoms with E-state index in [4.69, 9.17) is 27.9 Å². The molecular formula is C23H20Cl2N4O2. The van der Waals surface area contributed by atoms with Crippen LogP contribution in [0, 0.1) is 0 Å². The smallest absolute Gasteiger partial charge is 0.256 e. The molecule has 0 aliphatic rings. The Labute approximate surface area is 189 Å². The minimum Gasteiger partial charge on any atom is -0.489 e. The van der Waals surface area contributed by atoms with Crippen LogP contribution in [-0.4, -0.2) is 30.2 Å². The van der Waals surface area contributed by atoms with Crippen molar-refractivity contribution in [3.63, 3.8) is 0 Å². The van der Waals surface area contributed by atoms with Gasteiger partial charge >= 0.3 is 0 Å². The standard InChI is InChI=1S/C23H20Cl2N4O2/c1-29(2)16-6-4-15(5-7-16)23(30)26-22-18-12-17(8-10-21(18)27-28-22)31-13-14-3-9-19(24)20(25)11-14/h3-12H,13H2,1-2H3,(H2,26,27,28,30). The van der Waals surface area contributed by atoms with Gasteiger partial charge in [-0.15, -0.1) is 0 Å². The largest absolute Gasteiger partial charge is 0.489 e. The number of anilines is 2. The molecule has 1 amide bonds. The molecule has 1 heterocycles. The second-order valence-electron chi connectivity index (χ2n) is 7.21. The maximum Gasteiger partial charge on any atom is 0.256 e. The van der Waals surface area contributed by atoms with E-state index in [1.54, 1.807) is 24.3 Å². The average molecular weight is 455 g/mol. The molecule has 4 aromatic rings. The van der Waals surface area contributed by atoms with Crippen molar-refractivity contribution in [1.29, 1.82) is 0 Å². The maximum atomic E-state index is 12.7. The molecule has 0 saturated carbocycles. The molecule has 8 heteroatoms. The van der Waals surface area contributed by atoms with Gasteiger partial charge < -0.3 is 15.0 Å². The fourth-order valence-electron chi connectivity index (χ4n) is 3.06. The third-order valence-corrected chi connectivity index (χ3v) is 5.54. The van der Waals surface area contributed by atoms with Crippen LogP contribution in [0.25, 0.3) is 10.9 Å². The van der Waals surface area contributed by atoms with Crippen LogP contribution < -0.4 is 15.0 Å². The number of H-pyrrole nitrogens is 1. The number of aromatic amines is 1. The third-order valence-electron chi connectivity index (χ3n) is 4.80. The van der Waals surface area contributed by atoms with E-state index in [-0.39, 0.29) is 5.91 Å². The van der Waals surface area contributed by atoms with E-state index < -0.39 is 0 Å². The lowest BCUT2D eigenvalue weighted by Crippen LogP contribution is -2.13. The molecule has 158 valence electrons. The van der Waals surface area contributed by atoms with Crippen molar-refractivity contribution < 1.29 is 9.53 Å². The lowest BCUT2D eigenvalue weighted by atomic mass is 10.2. The molecule has 3 aromatic carbocycles. The summed E-state index contributed by atoms with van der Waals surface area (Å²) in [6, 6.07) is 18.3. The van der Waals surface area contributed by atoms with Crippen molar-refractivity contribution in [3.05, 3.63) is 81.8 Å². The summed E-state index contributed by atoms with van der Waals surface area (Å²) < 4.78 is 5.88. The third kappa shape index (κ3) is 4.76. The van der Waals surface area contributed by atoms with Crippen LogP contribution in [0.1, 0.15) is 15.9 Å². The van der Waals surface area contributed by atoms with Gasteiger partial charge in [-0.05, 0) is 60.2 Å². The highest BCUT2D eigenvalue weighted by Crippen LogP contribution is 2.27. The number of halogens is 2. The highest BCUT2D eigenvalue weighted by Gasteiger charge is 2.13. The lowest BCUT2D eigenvalue weighted by molar-refractivity contribution is 0.102. The van der Waals surface area contributed by atoms with Gasteiger partial charge in [-0.3, -0.25) is 9.89 Å². The Bertz CT molecular complexity index is 1240. The predicted molar refractivity (Wildman–Crippen MR) is 126 cm³/mol. The fourth-order valence-corrected chi connectivity index (χ4v) is 3.39. The molecule has 2 N–H and O–H groups in total. The van der Waals surface area contributed by atoms with Gasteiger partial charge in [0.15, 0.2) is 5.82 Å². The number of carbonyl (C=O) groups is 1. The molecule has 0 unspecified atom stereocenters. The molecular weight excluding hydrogens is 435 g/mol. The maximum absolute atomic E-state index is 12.7. The minimum absolute atomic E-state index is 0.235. The molecule has 4 rings (SSSR count). The van der Waals surface area contributed by atoms with Crippen molar-refractivity contribution in [2.45, 2.75) is 6.61 Å². The Morgan fingerprint density at radius 1 is 1.03 bits per heavy atom. The normalized spacial score (nSPS) is 10.8. The van der Waals surface area contributed by atoms with Crippen LogP contribution in [-0.2, 0) is 6.61 Å². The Morgan fingerprint density at radius 2 is 1.81 bits per heavy atom. The summed E-state index contributed by atoms with van der Waals surface area (Å²) >= 11 is 12.0. The molecule has 0 radical (unpaired) electrons. The summed E-state index contributed by atoms with van der Waals surface area (Å²) in [6.45, 7) is 0.333. The van der Waals surface area contributed by atoms with Gasteiger partial charge in [0.25, 0.3) is 5.91 Å². The molecule has 0 bridgehead atoms. The molecule has 0 saturated heterocycles. The number of nitrogens with zero attached hydrogens (tertiary/aromatic N) is 2.